The molecule has 25 heavy (non-hydrogen) atoms. The Morgan fingerprint density at radius 2 is 1.68 bits per heavy atom. The third kappa shape index (κ3) is 7.59. The quantitative estimate of drug-likeness (QED) is 0.441. The molecule has 0 atom stereocenters. The van der Waals surface area contributed by atoms with Crippen molar-refractivity contribution in [3.63, 3.8) is 0 Å². The van der Waals surface area contributed by atoms with Crippen molar-refractivity contribution in [2.24, 2.45) is 0 Å². The van der Waals surface area contributed by atoms with Crippen LogP contribution in [0.2, 0.25) is 0 Å². The van der Waals surface area contributed by atoms with Crippen molar-refractivity contribution in [1.82, 2.24) is 0 Å². The molecule has 0 bridgehead atoms. The van der Waals surface area contributed by atoms with Gasteiger partial charge in [0.2, 0.25) is 0 Å². The second-order valence-electron chi connectivity index (χ2n) is 5.97. The topological polar surface area (TPSA) is 39.7 Å². The number of hydrogen-bond donors (Lipinski definition) is 1. The average Bonchev–Trinajstić information content (AvgIpc) is 2.67. The molecule has 2 rings (SSSR count). The molecule has 0 aliphatic heterocycles. The number of anilines is 1. The zero-order valence-electron chi connectivity index (χ0n) is 15.2. The van der Waals surface area contributed by atoms with Crippen LogP contribution in [0.3, 0.4) is 0 Å². The summed E-state index contributed by atoms with van der Waals surface area (Å²) in [7, 11) is 3.35. The molecule has 1 N–H and O–H groups in total. The predicted molar refractivity (Wildman–Crippen MR) is 102 cm³/mol. The first-order chi connectivity index (χ1) is 12.3. The van der Waals surface area contributed by atoms with E-state index in [0.29, 0.717) is 0 Å². The average molecular weight is 343 g/mol. The molecule has 4 heteroatoms. The fraction of sp³-hybridized carbons (Fsp3) is 0.429. The number of benzene rings is 2. The van der Waals surface area contributed by atoms with Gasteiger partial charge in [-0.25, -0.2) is 0 Å². The van der Waals surface area contributed by atoms with Gasteiger partial charge in [-0.05, 0) is 43.4 Å². The summed E-state index contributed by atoms with van der Waals surface area (Å²) in [5.41, 5.74) is 2.34. The van der Waals surface area contributed by atoms with E-state index in [1.165, 1.54) is 5.56 Å². The minimum absolute atomic E-state index is 0.0895. The van der Waals surface area contributed by atoms with Gasteiger partial charge in [0.15, 0.2) is 6.29 Å². The molecule has 2 aromatic carbocycles. The number of rotatable bonds is 12. The Kier molecular flexibility index (Phi) is 8.87. The van der Waals surface area contributed by atoms with Crippen LogP contribution in [0.5, 0.6) is 5.75 Å². The van der Waals surface area contributed by atoms with E-state index in [1.54, 1.807) is 14.2 Å². The number of methoxy groups -OCH3 is 2. The molecule has 0 saturated carbocycles. The van der Waals surface area contributed by atoms with Crippen LogP contribution in [0.25, 0.3) is 0 Å². The van der Waals surface area contributed by atoms with Gasteiger partial charge < -0.3 is 19.5 Å². The minimum Gasteiger partial charge on any atom is -0.494 e. The van der Waals surface area contributed by atoms with Crippen molar-refractivity contribution in [3.05, 3.63) is 60.2 Å². The van der Waals surface area contributed by atoms with Crippen LogP contribution in [-0.2, 0) is 16.0 Å². The first-order valence-corrected chi connectivity index (χ1v) is 8.88. The molecule has 0 heterocycles. The third-order valence-corrected chi connectivity index (χ3v) is 4.05. The third-order valence-electron chi connectivity index (χ3n) is 4.05. The van der Waals surface area contributed by atoms with Crippen molar-refractivity contribution < 1.29 is 14.2 Å². The zero-order valence-corrected chi connectivity index (χ0v) is 15.2. The monoisotopic (exact) mass is 343 g/mol. The summed E-state index contributed by atoms with van der Waals surface area (Å²) in [4.78, 5) is 0. The fourth-order valence-electron chi connectivity index (χ4n) is 2.61. The van der Waals surface area contributed by atoms with E-state index in [4.69, 9.17) is 14.2 Å². The van der Waals surface area contributed by atoms with Gasteiger partial charge in [0, 0.05) is 32.5 Å². The molecule has 0 aliphatic carbocycles. The van der Waals surface area contributed by atoms with E-state index in [9.17, 15) is 0 Å². The SMILES string of the molecule is COC(CCCCCOc1cccc(NCc2ccccc2)c1)OC. The summed E-state index contributed by atoms with van der Waals surface area (Å²) >= 11 is 0. The highest BCUT2D eigenvalue weighted by molar-refractivity contribution is 5.48. The van der Waals surface area contributed by atoms with Crippen molar-refractivity contribution in [2.45, 2.75) is 38.5 Å². The van der Waals surface area contributed by atoms with Crippen molar-refractivity contribution >= 4 is 5.69 Å². The summed E-state index contributed by atoms with van der Waals surface area (Å²) in [6.45, 7) is 1.54. The minimum atomic E-state index is -0.0895. The van der Waals surface area contributed by atoms with Crippen LogP contribution >= 0.6 is 0 Å². The van der Waals surface area contributed by atoms with Crippen LogP contribution in [0, 0.1) is 0 Å². The highest BCUT2D eigenvalue weighted by atomic mass is 16.7. The van der Waals surface area contributed by atoms with E-state index in [2.05, 4.69) is 41.7 Å². The van der Waals surface area contributed by atoms with E-state index in [1.807, 2.05) is 18.2 Å². The molecule has 0 fully saturated rings. The molecule has 136 valence electrons. The Hall–Kier alpha value is -2.04. The molecular formula is C21H29NO3. The number of hydrogen-bond acceptors (Lipinski definition) is 4. The van der Waals surface area contributed by atoms with Crippen molar-refractivity contribution in [2.75, 3.05) is 26.1 Å². The van der Waals surface area contributed by atoms with Gasteiger partial charge in [0.1, 0.15) is 5.75 Å². The van der Waals surface area contributed by atoms with E-state index in [-0.39, 0.29) is 6.29 Å². The molecule has 0 amide bonds. The van der Waals surface area contributed by atoms with Crippen LogP contribution in [0.1, 0.15) is 31.2 Å². The van der Waals surface area contributed by atoms with Gasteiger partial charge >= 0.3 is 0 Å². The van der Waals surface area contributed by atoms with Gasteiger partial charge in [-0.2, -0.15) is 0 Å². The highest BCUT2D eigenvalue weighted by Gasteiger charge is 2.04. The van der Waals surface area contributed by atoms with E-state index >= 15 is 0 Å². The van der Waals surface area contributed by atoms with Crippen LogP contribution in [0.4, 0.5) is 5.69 Å². The molecule has 2 aromatic rings. The molecule has 4 nitrogen and oxygen atoms in total. The Morgan fingerprint density at radius 3 is 2.44 bits per heavy atom. The maximum atomic E-state index is 5.86. The van der Waals surface area contributed by atoms with Crippen LogP contribution in [0.15, 0.2) is 54.6 Å². The standard InChI is InChI=1S/C21H29NO3/c1-23-21(24-2)14-7-4-8-15-25-20-13-9-12-19(16-20)22-17-18-10-5-3-6-11-18/h3,5-6,9-13,16,21-22H,4,7-8,14-15,17H2,1-2H3. The van der Waals surface area contributed by atoms with Crippen LogP contribution < -0.4 is 10.1 Å². The molecular weight excluding hydrogens is 314 g/mol. The molecule has 0 aromatic heterocycles. The zero-order chi connectivity index (χ0) is 17.7. The van der Waals surface area contributed by atoms with Gasteiger partial charge in [0.25, 0.3) is 0 Å². The Morgan fingerprint density at radius 1 is 0.880 bits per heavy atom. The smallest absolute Gasteiger partial charge is 0.156 e. The van der Waals surface area contributed by atoms with Gasteiger partial charge in [0.05, 0.1) is 6.61 Å². The van der Waals surface area contributed by atoms with Gasteiger partial charge in [-0.15, -0.1) is 0 Å². The van der Waals surface area contributed by atoms with E-state index < -0.39 is 0 Å². The largest absolute Gasteiger partial charge is 0.494 e. The molecule has 0 unspecified atom stereocenters. The Balaban J connectivity index is 1.65. The fourth-order valence-corrected chi connectivity index (χ4v) is 2.61. The highest BCUT2D eigenvalue weighted by Crippen LogP contribution is 2.18. The Labute approximate surface area is 151 Å². The lowest BCUT2D eigenvalue weighted by atomic mass is 10.2. The molecule has 0 aliphatic rings. The first kappa shape index (κ1) is 19.3. The lowest BCUT2D eigenvalue weighted by Gasteiger charge is -2.13. The lowest BCUT2D eigenvalue weighted by Crippen LogP contribution is -2.12. The first-order valence-electron chi connectivity index (χ1n) is 8.88. The summed E-state index contributed by atoms with van der Waals surface area (Å²) < 4.78 is 16.2. The van der Waals surface area contributed by atoms with Crippen molar-refractivity contribution in [1.29, 1.82) is 0 Å². The second-order valence-corrected chi connectivity index (χ2v) is 5.97. The maximum absolute atomic E-state index is 5.86. The van der Waals surface area contributed by atoms with Gasteiger partial charge in [-0.1, -0.05) is 36.4 Å². The Bertz CT molecular complexity index is 585. The number of unbranched alkanes of at least 4 members (excludes halogenated alkanes) is 2. The summed E-state index contributed by atoms with van der Waals surface area (Å²) in [6, 6.07) is 18.5. The molecule has 0 saturated heterocycles. The predicted octanol–water partition coefficient (Wildman–Crippen LogP) is 4.86. The summed E-state index contributed by atoms with van der Waals surface area (Å²) in [6.07, 6.45) is 4.05. The lowest BCUT2D eigenvalue weighted by molar-refractivity contribution is -0.107. The van der Waals surface area contributed by atoms with Crippen LogP contribution in [-0.4, -0.2) is 27.1 Å². The molecule has 0 spiro atoms. The summed E-state index contributed by atoms with van der Waals surface area (Å²) in [5, 5.41) is 3.43. The normalized spacial score (nSPS) is 10.8. The van der Waals surface area contributed by atoms with Crippen molar-refractivity contribution in [3.8, 4) is 5.75 Å². The summed E-state index contributed by atoms with van der Waals surface area (Å²) in [5.74, 6) is 0.907. The number of nitrogens with one attached hydrogen (secondary N) is 1. The molecule has 0 radical (unpaired) electrons. The van der Waals surface area contributed by atoms with Gasteiger partial charge in [-0.3, -0.25) is 0 Å². The second kappa shape index (κ2) is 11.5. The number of ether oxygens (including phenoxy) is 3. The maximum Gasteiger partial charge on any atom is 0.156 e. The van der Waals surface area contributed by atoms with E-state index in [0.717, 1.165) is 50.3 Å².